The van der Waals surface area contributed by atoms with Crippen LogP contribution in [-0.2, 0) is 6.54 Å². The second-order valence-electron chi connectivity index (χ2n) is 7.36. The normalized spacial score (nSPS) is 13.8. The van der Waals surface area contributed by atoms with E-state index < -0.39 is 0 Å². The Morgan fingerprint density at radius 1 is 0.966 bits per heavy atom. The predicted molar refractivity (Wildman–Crippen MR) is 120 cm³/mol. The van der Waals surface area contributed by atoms with E-state index in [1.165, 1.54) is 25.7 Å². The third kappa shape index (κ3) is 4.86. The lowest BCUT2D eigenvalue weighted by Gasteiger charge is -2.15. The van der Waals surface area contributed by atoms with Gasteiger partial charge in [-0.1, -0.05) is 42.0 Å². The maximum Gasteiger partial charge on any atom is 0.225 e. The summed E-state index contributed by atoms with van der Waals surface area (Å²) in [5.41, 5.74) is 3.58. The zero-order valence-electron chi connectivity index (χ0n) is 16.9. The molecule has 0 spiro atoms. The smallest absolute Gasteiger partial charge is 0.225 e. The Morgan fingerprint density at radius 3 is 2.69 bits per heavy atom. The zero-order chi connectivity index (χ0) is 19.9. The molecule has 0 amide bonds. The summed E-state index contributed by atoms with van der Waals surface area (Å²) in [5, 5.41) is 7.91. The van der Waals surface area contributed by atoms with Gasteiger partial charge in [0.25, 0.3) is 0 Å². The number of fused-ring (bicyclic) bond motifs is 1. The zero-order valence-corrected chi connectivity index (χ0v) is 16.9. The Bertz CT molecular complexity index is 999. The van der Waals surface area contributed by atoms with Crippen molar-refractivity contribution in [2.45, 2.75) is 38.6 Å². The number of methoxy groups -OCH3 is 1. The summed E-state index contributed by atoms with van der Waals surface area (Å²) in [4.78, 5) is 9.46. The summed E-state index contributed by atoms with van der Waals surface area (Å²) >= 11 is 0. The number of allylic oxidation sites excluding steroid dienone is 1. The van der Waals surface area contributed by atoms with Gasteiger partial charge in [0.05, 0.1) is 12.6 Å². The monoisotopic (exact) mass is 388 g/mol. The first-order valence-electron chi connectivity index (χ1n) is 10.4. The van der Waals surface area contributed by atoms with Gasteiger partial charge in [-0.2, -0.15) is 4.98 Å². The lowest BCUT2D eigenvalue weighted by atomic mass is 9.97. The third-order valence-electron chi connectivity index (χ3n) is 5.36. The van der Waals surface area contributed by atoms with Crippen LogP contribution in [0.3, 0.4) is 0 Å². The van der Waals surface area contributed by atoms with Crippen molar-refractivity contribution in [1.82, 2.24) is 9.97 Å². The molecule has 3 aromatic rings. The van der Waals surface area contributed by atoms with Gasteiger partial charge >= 0.3 is 0 Å². The number of rotatable bonds is 8. The van der Waals surface area contributed by atoms with Crippen LogP contribution < -0.4 is 15.4 Å². The summed E-state index contributed by atoms with van der Waals surface area (Å²) in [7, 11) is 1.70. The molecule has 1 heterocycles. The van der Waals surface area contributed by atoms with E-state index in [0.717, 1.165) is 41.0 Å². The molecule has 5 nitrogen and oxygen atoms in total. The first-order valence-corrected chi connectivity index (χ1v) is 10.4. The highest BCUT2D eigenvalue weighted by atomic mass is 16.5. The third-order valence-corrected chi connectivity index (χ3v) is 5.36. The van der Waals surface area contributed by atoms with Crippen LogP contribution in [0.5, 0.6) is 5.75 Å². The number of aromatic nitrogens is 2. The fourth-order valence-electron chi connectivity index (χ4n) is 3.78. The molecule has 150 valence electrons. The number of para-hydroxylation sites is 2. The van der Waals surface area contributed by atoms with Gasteiger partial charge in [0, 0.05) is 24.0 Å². The molecule has 0 fully saturated rings. The Balaban J connectivity index is 1.50. The van der Waals surface area contributed by atoms with Crippen molar-refractivity contribution in [1.29, 1.82) is 0 Å². The van der Waals surface area contributed by atoms with Crippen LogP contribution in [-0.4, -0.2) is 23.6 Å². The molecule has 1 aliphatic carbocycles. The molecule has 0 unspecified atom stereocenters. The maximum atomic E-state index is 5.47. The van der Waals surface area contributed by atoms with Crippen molar-refractivity contribution in [3.63, 3.8) is 0 Å². The molecule has 2 aromatic carbocycles. The fraction of sp³-hybridized carbons (Fsp3) is 0.333. The van der Waals surface area contributed by atoms with Crippen LogP contribution in [0.25, 0.3) is 10.9 Å². The molecule has 4 rings (SSSR count). The average Bonchev–Trinajstić information content (AvgIpc) is 2.78. The van der Waals surface area contributed by atoms with E-state index in [4.69, 9.17) is 14.7 Å². The summed E-state index contributed by atoms with van der Waals surface area (Å²) in [6.45, 7) is 1.49. The van der Waals surface area contributed by atoms with E-state index >= 15 is 0 Å². The molecule has 1 aromatic heterocycles. The number of benzene rings is 2. The van der Waals surface area contributed by atoms with Crippen molar-refractivity contribution in [3.8, 4) is 5.75 Å². The number of hydrogen-bond donors (Lipinski definition) is 2. The minimum Gasteiger partial charge on any atom is -0.496 e. The van der Waals surface area contributed by atoms with Gasteiger partial charge in [0.2, 0.25) is 5.95 Å². The lowest BCUT2D eigenvalue weighted by molar-refractivity contribution is 0.410. The predicted octanol–water partition coefficient (Wildman–Crippen LogP) is 5.55. The van der Waals surface area contributed by atoms with Crippen molar-refractivity contribution in [2.75, 3.05) is 24.3 Å². The molecule has 0 saturated carbocycles. The molecule has 0 atom stereocenters. The topological polar surface area (TPSA) is 59.1 Å². The summed E-state index contributed by atoms with van der Waals surface area (Å²) in [5.74, 6) is 2.38. The summed E-state index contributed by atoms with van der Waals surface area (Å²) < 4.78 is 5.47. The second-order valence-corrected chi connectivity index (χ2v) is 7.36. The largest absolute Gasteiger partial charge is 0.496 e. The molecule has 1 aliphatic rings. The SMILES string of the molecule is COc1ccccc1CNc1nc(NCCC2=CCCCC2)nc2ccccc12. The highest BCUT2D eigenvalue weighted by Crippen LogP contribution is 2.25. The molecule has 29 heavy (non-hydrogen) atoms. The number of nitrogens with zero attached hydrogens (tertiary/aromatic N) is 2. The highest BCUT2D eigenvalue weighted by Gasteiger charge is 2.09. The maximum absolute atomic E-state index is 5.47. The van der Waals surface area contributed by atoms with Crippen molar-refractivity contribution in [3.05, 3.63) is 65.7 Å². The van der Waals surface area contributed by atoms with Gasteiger partial charge in [0.15, 0.2) is 0 Å². The lowest BCUT2D eigenvalue weighted by Crippen LogP contribution is -2.10. The fourth-order valence-corrected chi connectivity index (χ4v) is 3.78. The van der Waals surface area contributed by atoms with Crippen LogP contribution in [0, 0.1) is 0 Å². The molecule has 0 bridgehead atoms. The molecular weight excluding hydrogens is 360 g/mol. The van der Waals surface area contributed by atoms with Crippen molar-refractivity contribution >= 4 is 22.7 Å². The number of ether oxygens (including phenoxy) is 1. The second kappa shape index (κ2) is 9.41. The molecule has 2 N–H and O–H groups in total. The van der Waals surface area contributed by atoms with E-state index in [9.17, 15) is 0 Å². The number of hydrogen-bond acceptors (Lipinski definition) is 5. The molecule has 0 radical (unpaired) electrons. The minimum atomic E-state index is 0.636. The van der Waals surface area contributed by atoms with Crippen molar-refractivity contribution < 1.29 is 4.74 Å². The quantitative estimate of drug-likeness (QED) is 0.495. The first-order chi connectivity index (χ1) is 14.3. The highest BCUT2D eigenvalue weighted by molar-refractivity contribution is 5.90. The van der Waals surface area contributed by atoms with Crippen LogP contribution >= 0.6 is 0 Å². The van der Waals surface area contributed by atoms with Crippen LogP contribution in [0.2, 0.25) is 0 Å². The van der Waals surface area contributed by atoms with Gasteiger partial charge in [-0.3, -0.25) is 0 Å². The number of nitrogens with one attached hydrogen (secondary N) is 2. The van der Waals surface area contributed by atoms with E-state index in [-0.39, 0.29) is 0 Å². The van der Waals surface area contributed by atoms with E-state index in [2.05, 4.69) is 28.8 Å². The molecule has 0 saturated heterocycles. The van der Waals surface area contributed by atoms with Crippen molar-refractivity contribution in [2.24, 2.45) is 0 Å². The van der Waals surface area contributed by atoms with Gasteiger partial charge in [-0.05, 0) is 50.3 Å². The van der Waals surface area contributed by atoms with Gasteiger partial charge < -0.3 is 15.4 Å². The Kier molecular flexibility index (Phi) is 6.25. The Hall–Kier alpha value is -3.08. The number of anilines is 2. The van der Waals surface area contributed by atoms with Gasteiger partial charge in [-0.25, -0.2) is 4.98 Å². The van der Waals surface area contributed by atoms with E-state index in [1.807, 2.05) is 36.4 Å². The van der Waals surface area contributed by atoms with E-state index in [0.29, 0.717) is 12.5 Å². The van der Waals surface area contributed by atoms with Gasteiger partial charge in [0.1, 0.15) is 11.6 Å². The Labute approximate surface area is 172 Å². The Morgan fingerprint density at radius 2 is 1.83 bits per heavy atom. The molecule has 0 aliphatic heterocycles. The first kappa shape index (κ1) is 19.2. The summed E-state index contributed by atoms with van der Waals surface area (Å²) in [6.07, 6.45) is 8.54. The van der Waals surface area contributed by atoms with Crippen LogP contribution in [0.1, 0.15) is 37.7 Å². The molecule has 5 heteroatoms. The minimum absolute atomic E-state index is 0.636. The average molecular weight is 389 g/mol. The summed E-state index contributed by atoms with van der Waals surface area (Å²) in [6, 6.07) is 16.1. The van der Waals surface area contributed by atoms with E-state index in [1.54, 1.807) is 12.7 Å². The standard InChI is InChI=1S/C24H28N4O/c1-29-22-14-8-5-11-19(22)17-26-23-20-12-6-7-13-21(20)27-24(28-23)25-16-15-18-9-3-2-4-10-18/h5-9,11-14H,2-4,10,15-17H2,1H3,(H2,25,26,27,28). The van der Waals surface area contributed by atoms with Gasteiger partial charge in [-0.15, -0.1) is 0 Å². The van der Waals surface area contributed by atoms with Crippen LogP contribution in [0.4, 0.5) is 11.8 Å². The van der Waals surface area contributed by atoms with Crippen LogP contribution in [0.15, 0.2) is 60.2 Å². The molecular formula is C24H28N4O.